The third-order valence-corrected chi connectivity index (χ3v) is 4.71. The van der Waals surface area contributed by atoms with Crippen LogP contribution in [0.2, 0.25) is 0 Å². The van der Waals surface area contributed by atoms with Crippen LogP contribution in [0.4, 0.5) is 17.1 Å². The lowest BCUT2D eigenvalue weighted by Crippen LogP contribution is -2.44. The second-order valence-corrected chi connectivity index (χ2v) is 7.40. The zero-order valence-corrected chi connectivity index (χ0v) is 16.9. The van der Waals surface area contributed by atoms with Crippen LogP contribution in [0.1, 0.15) is 13.8 Å². The van der Waals surface area contributed by atoms with E-state index in [9.17, 15) is 4.79 Å². The molecule has 2 aromatic carbocycles. The number of rotatable bonds is 7. The standard InChI is InChI=1S/C22H30N4O2/c1-17(2)28-21-7-5-4-6-20(21)23-16-22(27)24-18-8-10-19(11-9-18)26-14-12-25(3)13-15-26/h4-11,17,23H,12-16H2,1-3H3,(H,24,27). The van der Waals surface area contributed by atoms with Crippen LogP contribution >= 0.6 is 0 Å². The van der Waals surface area contributed by atoms with Crippen molar-refractivity contribution in [2.45, 2.75) is 20.0 Å². The van der Waals surface area contributed by atoms with E-state index in [1.54, 1.807) is 0 Å². The Bertz CT molecular complexity index is 768. The van der Waals surface area contributed by atoms with Crippen molar-refractivity contribution in [2.75, 3.05) is 55.3 Å². The molecule has 150 valence electrons. The van der Waals surface area contributed by atoms with Crippen LogP contribution in [0.25, 0.3) is 0 Å². The Morgan fingerprint density at radius 3 is 2.39 bits per heavy atom. The number of carbonyl (C=O) groups excluding carboxylic acids is 1. The lowest BCUT2D eigenvalue weighted by molar-refractivity contribution is -0.114. The summed E-state index contributed by atoms with van der Waals surface area (Å²) in [4.78, 5) is 17.0. The summed E-state index contributed by atoms with van der Waals surface area (Å²) in [6, 6.07) is 15.7. The quantitative estimate of drug-likeness (QED) is 0.770. The first-order valence-corrected chi connectivity index (χ1v) is 9.84. The molecule has 0 saturated carbocycles. The molecular weight excluding hydrogens is 352 g/mol. The first kappa shape index (κ1) is 20.0. The van der Waals surface area contributed by atoms with Gasteiger partial charge in [-0.25, -0.2) is 0 Å². The number of ether oxygens (including phenoxy) is 1. The molecule has 0 unspecified atom stereocenters. The smallest absolute Gasteiger partial charge is 0.243 e. The van der Waals surface area contributed by atoms with Gasteiger partial charge in [0.1, 0.15) is 5.75 Å². The first-order valence-electron chi connectivity index (χ1n) is 9.84. The number of para-hydroxylation sites is 2. The average Bonchev–Trinajstić information content (AvgIpc) is 2.68. The van der Waals surface area contributed by atoms with Gasteiger partial charge in [0.25, 0.3) is 0 Å². The van der Waals surface area contributed by atoms with Crippen molar-refractivity contribution >= 4 is 23.0 Å². The molecule has 1 aliphatic rings. The molecule has 6 nitrogen and oxygen atoms in total. The summed E-state index contributed by atoms with van der Waals surface area (Å²) in [6.45, 7) is 8.36. The fraction of sp³-hybridized carbons (Fsp3) is 0.409. The Kier molecular flexibility index (Phi) is 6.76. The highest BCUT2D eigenvalue weighted by Crippen LogP contribution is 2.24. The van der Waals surface area contributed by atoms with E-state index in [1.807, 2.05) is 50.2 Å². The van der Waals surface area contributed by atoms with Gasteiger partial charge in [-0.2, -0.15) is 0 Å². The van der Waals surface area contributed by atoms with Crippen molar-refractivity contribution in [1.82, 2.24) is 4.90 Å². The molecule has 1 aliphatic heterocycles. The zero-order valence-electron chi connectivity index (χ0n) is 16.9. The number of benzene rings is 2. The van der Waals surface area contributed by atoms with Crippen molar-refractivity contribution in [1.29, 1.82) is 0 Å². The van der Waals surface area contributed by atoms with E-state index in [2.05, 4.69) is 39.6 Å². The monoisotopic (exact) mass is 382 g/mol. The summed E-state index contributed by atoms with van der Waals surface area (Å²) in [7, 11) is 2.15. The molecule has 3 rings (SSSR count). The number of amides is 1. The molecule has 1 saturated heterocycles. The maximum absolute atomic E-state index is 12.3. The summed E-state index contributed by atoms with van der Waals surface area (Å²) in [5, 5.41) is 6.10. The molecule has 0 bridgehead atoms. The molecule has 1 fully saturated rings. The van der Waals surface area contributed by atoms with Gasteiger partial charge in [-0.05, 0) is 57.3 Å². The summed E-state index contributed by atoms with van der Waals surface area (Å²) >= 11 is 0. The van der Waals surface area contributed by atoms with Crippen molar-refractivity contribution < 1.29 is 9.53 Å². The van der Waals surface area contributed by atoms with Gasteiger partial charge in [-0.15, -0.1) is 0 Å². The molecule has 28 heavy (non-hydrogen) atoms. The summed E-state index contributed by atoms with van der Waals surface area (Å²) in [6.07, 6.45) is 0.0793. The van der Waals surface area contributed by atoms with Gasteiger partial charge in [-0.1, -0.05) is 12.1 Å². The van der Waals surface area contributed by atoms with Crippen molar-refractivity contribution in [3.8, 4) is 5.75 Å². The summed E-state index contributed by atoms with van der Waals surface area (Å²) in [5.74, 6) is 0.661. The van der Waals surface area contributed by atoms with Crippen molar-refractivity contribution in [3.63, 3.8) is 0 Å². The van der Waals surface area contributed by atoms with E-state index in [0.29, 0.717) is 0 Å². The minimum atomic E-state index is -0.0910. The topological polar surface area (TPSA) is 56.8 Å². The van der Waals surface area contributed by atoms with Crippen molar-refractivity contribution in [2.24, 2.45) is 0 Å². The van der Waals surface area contributed by atoms with E-state index in [4.69, 9.17) is 4.74 Å². The largest absolute Gasteiger partial charge is 0.489 e. The van der Waals surface area contributed by atoms with Gasteiger partial charge in [-0.3, -0.25) is 4.79 Å². The summed E-state index contributed by atoms with van der Waals surface area (Å²) in [5.41, 5.74) is 2.82. The molecule has 2 aromatic rings. The number of likely N-dealkylation sites (N-methyl/N-ethyl adjacent to an activating group) is 1. The van der Waals surface area contributed by atoms with E-state index < -0.39 is 0 Å². The SMILES string of the molecule is CC(C)Oc1ccccc1NCC(=O)Nc1ccc(N2CCN(C)CC2)cc1. The fourth-order valence-corrected chi connectivity index (χ4v) is 3.17. The lowest BCUT2D eigenvalue weighted by Gasteiger charge is -2.34. The van der Waals surface area contributed by atoms with Crippen LogP contribution in [0.5, 0.6) is 5.75 Å². The predicted octanol–water partition coefficient (Wildman–Crippen LogP) is 3.28. The van der Waals surface area contributed by atoms with Crippen LogP contribution in [0.3, 0.4) is 0 Å². The second kappa shape index (κ2) is 9.46. The van der Waals surface area contributed by atoms with Crippen LogP contribution in [0, 0.1) is 0 Å². The molecule has 1 amide bonds. The molecule has 0 atom stereocenters. The first-order chi connectivity index (χ1) is 13.5. The highest BCUT2D eigenvalue weighted by Gasteiger charge is 2.14. The molecule has 6 heteroatoms. The maximum atomic E-state index is 12.3. The van der Waals surface area contributed by atoms with Crippen LogP contribution in [0.15, 0.2) is 48.5 Å². The van der Waals surface area contributed by atoms with Gasteiger partial charge >= 0.3 is 0 Å². The predicted molar refractivity (Wildman–Crippen MR) is 115 cm³/mol. The van der Waals surface area contributed by atoms with Crippen LogP contribution in [-0.4, -0.2) is 56.7 Å². The third kappa shape index (κ3) is 5.63. The Balaban J connectivity index is 1.51. The normalized spacial score (nSPS) is 14.8. The number of anilines is 3. The minimum Gasteiger partial charge on any atom is -0.489 e. The van der Waals surface area contributed by atoms with Crippen LogP contribution < -0.4 is 20.3 Å². The third-order valence-electron chi connectivity index (χ3n) is 4.71. The van der Waals surface area contributed by atoms with Gasteiger partial charge < -0.3 is 25.2 Å². The van der Waals surface area contributed by atoms with E-state index in [1.165, 1.54) is 5.69 Å². The second-order valence-electron chi connectivity index (χ2n) is 7.40. The van der Waals surface area contributed by atoms with Gasteiger partial charge in [0.2, 0.25) is 5.91 Å². The number of hydrogen-bond donors (Lipinski definition) is 2. The average molecular weight is 383 g/mol. The van der Waals surface area contributed by atoms with E-state index in [-0.39, 0.29) is 18.6 Å². The van der Waals surface area contributed by atoms with Gasteiger partial charge in [0, 0.05) is 37.6 Å². The Hall–Kier alpha value is -2.73. The fourth-order valence-electron chi connectivity index (χ4n) is 3.17. The van der Waals surface area contributed by atoms with Crippen molar-refractivity contribution in [3.05, 3.63) is 48.5 Å². The maximum Gasteiger partial charge on any atom is 0.243 e. The van der Waals surface area contributed by atoms with Crippen LogP contribution in [-0.2, 0) is 4.79 Å². The number of hydrogen-bond acceptors (Lipinski definition) is 5. The highest BCUT2D eigenvalue weighted by atomic mass is 16.5. The van der Waals surface area contributed by atoms with E-state index in [0.717, 1.165) is 43.3 Å². The molecule has 0 spiro atoms. The molecule has 1 heterocycles. The number of carbonyl (C=O) groups is 1. The van der Waals surface area contributed by atoms with Gasteiger partial charge in [0.15, 0.2) is 0 Å². The lowest BCUT2D eigenvalue weighted by atomic mass is 10.2. The highest BCUT2D eigenvalue weighted by molar-refractivity contribution is 5.94. The number of nitrogens with one attached hydrogen (secondary N) is 2. The molecule has 0 aliphatic carbocycles. The molecule has 0 aromatic heterocycles. The Morgan fingerprint density at radius 1 is 1.04 bits per heavy atom. The van der Waals surface area contributed by atoms with Gasteiger partial charge in [0.05, 0.1) is 18.3 Å². The molecule has 2 N–H and O–H groups in total. The number of piperazine rings is 1. The zero-order chi connectivity index (χ0) is 19.9. The molecule has 0 radical (unpaired) electrons. The Labute approximate surface area is 167 Å². The Morgan fingerprint density at radius 2 is 1.71 bits per heavy atom. The minimum absolute atomic E-state index is 0.0793. The summed E-state index contributed by atoms with van der Waals surface area (Å²) < 4.78 is 5.77. The molecular formula is C22H30N4O2. The number of nitrogens with zero attached hydrogens (tertiary/aromatic N) is 2. The van der Waals surface area contributed by atoms with E-state index >= 15 is 0 Å².